The van der Waals surface area contributed by atoms with Gasteiger partial charge in [0.1, 0.15) is 0 Å². The molecule has 0 aliphatic heterocycles. The molecule has 22 heavy (non-hydrogen) atoms. The summed E-state index contributed by atoms with van der Waals surface area (Å²) in [6.45, 7) is 7.41. The van der Waals surface area contributed by atoms with E-state index in [4.69, 9.17) is 0 Å². The largest absolute Gasteiger partial charge is 0.297 e. The van der Waals surface area contributed by atoms with Crippen molar-refractivity contribution in [2.24, 2.45) is 21.1 Å². The molecule has 6 nitrogen and oxygen atoms in total. The van der Waals surface area contributed by atoms with Crippen LogP contribution in [0.25, 0.3) is 0 Å². The van der Waals surface area contributed by atoms with E-state index in [1.807, 2.05) is 27.7 Å². The van der Waals surface area contributed by atoms with E-state index < -0.39 is 12.1 Å². The molecule has 2 aliphatic carbocycles. The molecule has 0 aromatic heterocycles. The minimum absolute atomic E-state index is 0.252. The number of azo groups is 1. The molecule has 2 rings (SSSR count). The van der Waals surface area contributed by atoms with Crippen molar-refractivity contribution in [1.82, 2.24) is 0 Å². The van der Waals surface area contributed by atoms with E-state index in [1.165, 1.54) is 0 Å². The van der Waals surface area contributed by atoms with Crippen LogP contribution in [0.15, 0.2) is 10.2 Å². The molecule has 0 aromatic carbocycles. The van der Waals surface area contributed by atoms with Crippen molar-refractivity contribution in [3.8, 4) is 0 Å². The van der Waals surface area contributed by atoms with Gasteiger partial charge in [-0.15, -0.1) is 0 Å². The lowest BCUT2D eigenvalue weighted by molar-refractivity contribution is -0.138. The lowest BCUT2D eigenvalue weighted by atomic mass is 9.74. The van der Waals surface area contributed by atoms with E-state index in [0.29, 0.717) is 0 Å². The first-order chi connectivity index (χ1) is 10.0. The highest BCUT2D eigenvalue weighted by molar-refractivity contribution is 6.10. The predicted octanol–water partition coefficient (Wildman–Crippen LogP) is 2.09. The molecule has 0 N–H and O–H groups in total. The van der Waals surface area contributed by atoms with Crippen molar-refractivity contribution in [3.63, 3.8) is 0 Å². The van der Waals surface area contributed by atoms with Crippen LogP contribution in [0.5, 0.6) is 0 Å². The first kappa shape index (κ1) is 16.6. The number of nitrogens with zero attached hydrogens (tertiary/aromatic N) is 2. The van der Waals surface area contributed by atoms with Crippen molar-refractivity contribution in [3.05, 3.63) is 0 Å². The van der Waals surface area contributed by atoms with E-state index in [9.17, 15) is 19.2 Å². The van der Waals surface area contributed by atoms with Crippen LogP contribution >= 0.6 is 0 Å². The molecule has 0 aromatic rings. The SMILES string of the molecule is CC1(C)CC(=O)C(N=NC2C(=O)CC(C)(C)CC2=O)C(=O)C1. The van der Waals surface area contributed by atoms with Crippen molar-refractivity contribution < 1.29 is 19.2 Å². The molecule has 0 bridgehead atoms. The van der Waals surface area contributed by atoms with Crippen LogP contribution in [0.1, 0.15) is 53.4 Å². The van der Waals surface area contributed by atoms with Crippen LogP contribution in [0.4, 0.5) is 0 Å². The topological polar surface area (TPSA) is 93.0 Å². The number of hydrogen-bond acceptors (Lipinski definition) is 6. The molecular weight excluding hydrogens is 284 g/mol. The van der Waals surface area contributed by atoms with Crippen molar-refractivity contribution >= 4 is 23.1 Å². The summed E-state index contributed by atoms with van der Waals surface area (Å²) in [4.78, 5) is 48.1. The fourth-order valence-electron chi connectivity index (χ4n) is 3.15. The maximum Gasteiger partial charge on any atom is 0.187 e. The molecule has 0 amide bonds. The fourth-order valence-corrected chi connectivity index (χ4v) is 3.15. The first-order valence-corrected chi connectivity index (χ1v) is 7.52. The second-order valence-corrected chi connectivity index (χ2v) is 7.94. The molecule has 2 saturated carbocycles. The van der Waals surface area contributed by atoms with Gasteiger partial charge in [-0.05, 0) is 10.8 Å². The van der Waals surface area contributed by atoms with Crippen LogP contribution in [-0.4, -0.2) is 35.2 Å². The molecule has 2 aliphatic rings. The highest BCUT2D eigenvalue weighted by Crippen LogP contribution is 2.34. The first-order valence-electron chi connectivity index (χ1n) is 7.52. The molecule has 0 atom stereocenters. The minimum Gasteiger partial charge on any atom is -0.297 e. The second-order valence-electron chi connectivity index (χ2n) is 7.94. The van der Waals surface area contributed by atoms with Gasteiger partial charge < -0.3 is 0 Å². The molecule has 0 unspecified atom stereocenters. The Hall–Kier alpha value is -1.72. The highest BCUT2D eigenvalue weighted by Gasteiger charge is 2.42. The highest BCUT2D eigenvalue weighted by atomic mass is 16.2. The molecule has 6 heteroatoms. The van der Waals surface area contributed by atoms with Crippen molar-refractivity contribution in [2.75, 3.05) is 0 Å². The third-order valence-electron chi connectivity index (χ3n) is 4.13. The van der Waals surface area contributed by atoms with Gasteiger partial charge in [-0.25, -0.2) is 0 Å². The lowest BCUT2D eigenvalue weighted by Gasteiger charge is -2.31. The number of rotatable bonds is 2. The smallest absolute Gasteiger partial charge is 0.187 e. The zero-order valence-corrected chi connectivity index (χ0v) is 13.5. The maximum atomic E-state index is 12.0. The Morgan fingerprint density at radius 3 is 1.09 bits per heavy atom. The van der Waals surface area contributed by atoms with Crippen LogP contribution in [0, 0.1) is 10.8 Å². The summed E-state index contributed by atoms with van der Waals surface area (Å²) in [6, 6.07) is -2.30. The Labute approximate surface area is 129 Å². The normalized spacial score (nSPS) is 26.9. The zero-order chi connectivity index (χ0) is 16.7. The van der Waals surface area contributed by atoms with Gasteiger partial charge in [0.05, 0.1) is 0 Å². The quantitative estimate of drug-likeness (QED) is 0.576. The predicted molar refractivity (Wildman–Crippen MR) is 78.5 cm³/mol. The lowest BCUT2D eigenvalue weighted by Crippen LogP contribution is -2.42. The van der Waals surface area contributed by atoms with E-state index >= 15 is 0 Å². The number of Topliss-reactive ketones (excluding diaryl/α,β-unsaturated/α-hetero) is 4. The Balaban J connectivity index is 2.12. The van der Waals surface area contributed by atoms with E-state index in [2.05, 4.69) is 10.2 Å². The van der Waals surface area contributed by atoms with Crippen LogP contribution in [0.2, 0.25) is 0 Å². The summed E-state index contributed by atoms with van der Waals surface area (Å²) in [7, 11) is 0. The Morgan fingerprint density at radius 1 is 0.636 bits per heavy atom. The average molecular weight is 306 g/mol. The van der Waals surface area contributed by atoms with E-state index in [0.717, 1.165) is 0 Å². The number of carbonyl (C=O) groups is 4. The molecule has 0 spiro atoms. The number of ketones is 4. The summed E-state index contributed by atoms with van der Waals surface area (Å²) in [5.41, 5.74) is -0.721. The van der Waals surface area contributed by atoms with Crippen LogP contribution in [0.3, 0.4) is 0 Å². The second kappa shape index (κ2) is 5.48. The fraction of sp³-hybridized carbons (Fsp3) is 0.750. The number of hydrogen-bond donors (Lipinski definition) is 0. The monoisotopic (exact) mass is 306 g/mol. The Kier molecular flexibility index (Phi) is 4.15. The summed E-state index contributed by atoms with van der Waals surface area (Å²) in [6.07, 6.45) is 1.01. The third kappa shape index (κ3) is 3.54. The number of carbonyl (C=O) groups excluding carboxylic acids is 4. The maximum absolute atomic E-state index is 12.0. The van der Waals surface area contributed by atoms with Crippen molar-refractivity contribution in [1.29, 1.82) is 0 Å². The Bertz CT molecular complexity index is 485. The van der Waals surface area contributed by atoms with E-state index in [1.54, 1.807) is 0 Å². The Morgan fingerprint density at radius 2 is 0.864 bits per heavy atom. The summed E-state index contributed by atoms with van der Waals surface area (Å²) >= 11 is 0. The molecule has 0 heterocycles. The molecule has 120 valence electrons. The van der Waals surface area contributed by atoms with Gasteiger partial charge >= 0.3 is 0 Å². The third-order valence-corrected chi connectivity index (χ3v) is 4.13. The van der Waals surface area contributed by atoms with Gasteiger partial charge in [-0.1, -0.05) is 27.7 Å². The summed E-state index contributed by atoms with van der Waals surface area (Å²) in [5.74, 6) is -1.16. The van der Waals surface area contributed by atoms with Gasteiger partial charge in [0.25, 0.3) is 0 Å². The average Bonchev–Trinajstić information content (AvgIpc) is 2.27. The van der Waals surface area contributed by atoms with Crippen molar-refractivity contribution in [2.45, 2.75) is 65.5 Å². The standard InChI is InChI=1S/C16H22N2O4/c1-15(2)5-9(19)13(10(20)6-15)17-18-14-11(21)7-16(3,4)8-12(14)22/h13-14H,5-8H2,1-4H3. The van der Waals surface area contributed by atoms with Gasteiger partial charge in [0, 0.05) is 25.7 Å². The van der Waals surface area contributed by atoms with Gasteiger partial charge in [-0.2, -0.15) is 10.2 Å². The summed E-state index contributed by atoms with van der Waals surface area (Å²) in [5, 5.41) is 7.53. The van der Waals surface area contributed by atoms with Crippen LogP contribution < -0.4 is 0 Å². The molecule has 2 fully saturated rings. The molecule has 0 saturated heterocycles. The minimum atomic E-state index is -1.15. The summed E-state index contributed by atoms with van der Waals surface area (Å²) < 4.78 is 0. The van der Waals surface area contributed by atoms with Gasteiger partial charge in [-0.3, -0.25) is 19.2 Å². The molecular formula is C16H22N2O4. The van der Waals surface area contributed by atoms with Crippen LogP contribution in [-0.2, 0) is 19.2 Å². The zero-order valence-electron chi connectivity index (χ0n) is 13.5. The van der Waals surface area contributed by atoms with Gasteiger partial charge in [0.15, 0.2) is 35.2 Å². The van der Waals surface area contributed by atoms with Gasteiger partial charge in [0.2, 0.25) is 0 Å². The molecule has 0 radical (unpaired) electrons. The van der Waals surface area contributed by atoms with E-state index in [-0.39, 0.29) is 59.6 Å².